The summed E-state index contributed by atoms with van der Waals surface area (Å²) in [5.41, 5.74) is 0. The highest BCUT2D eigenvalue weighted by molar-refractivity contribution is 4.69. The second kappa shape index (κ2) is 20.8. The zero-order valence-electron chi connectivity index (χ0n) is 22.5. The lowest BCUT2D eigenvalue weighted by atomic mass is 9.92. The van der Waals surface area contributed by atoms with E-state index in [9.17, 15) is 0 Å². The molecule has 0 aliphatic rings. The van der Waals surface area contributed by atoms with E-state index in [4.69, 9.17) is 0 Å². The summed E-state index contributed by atoms with van der Waals surface area (Å²) in [4.78, 5) is 2.87. The first-order chi connectivity index (χ1) is 14.5. The molecule has 0 spiro atoms. The van der Waals surface area contributed by atoms with Gasteiger partial charge in [0.1, 0.15) is 0 Å². The lowest BCUT2D eigenvalue weighted by Crippen LogP contribution is -2.32. The summed E-state index contributed by atoms with van der Waals surface area (Å²) in [6, 6.07) is 0. The van der Waals surface area contributed by atoms with Gasteiger partial charge in [0.25, 0.3) is 0 Å². The minimum Gasteiger partial charge on any atom is -0.303 e. The van der Waals surface area contributed by atoms with E-state index in [1.54, 1.807) is 0 Å². The number of nitrogens with zero attached hydrogens (tertiary/aromatic N) is 1. The van der Waals surface area contributed by atoms with Gasteiger partial charge in [-0.1, -0.05) is 119 Å². The van der Waals surface area contributed by atoms with Gasteiger partial charge in [-0.3, -0.25) is 0 Å². The molecule has 3 atom stereocenters. The Hall–Kier alpha value is -0.0400. The summed E-state index contributed by atoms with van der Waals surface area (Å²) in [5, 5.41) is 0. The van der Waals surface area contributed by atoms with Crippen molar-refractivity contribution >= 4 is 0 Å². The molecule has 1 heteroatoms. The predicted molar refractivity (Wildman–Crippen MR) is 139 cm³/mol. The molecule has 1 nitrogen and oxygen atoms in total. The third-order valence-electron chi connectivity index (χ3n) is 7.12. The van der Waals surface area contributed by atoms with Crippen LogP contribution in [0, 0.1) is 23.7 Å². The number of hydrogen-bond acceptors (Lipinski definition) is 1. The van der Waals surface area contributed by atoms with Gasteiger partial charge in [0.15, 0.2) is 0 Å². The van der Waals surface area contributed by atoms with E-state index in [0.717, 1.165) is 23.7 Å². The molecule has 0 fully saturated rings. The number of rotatable bonds is 22. The largest absolute Gasteiger partial charge is 0.303 e. The molecule has 0 rings (SSSR count). The highest BCUT2D eigenvalue weighted by Crippen LogP contribution is 2.22. The molecule has 3 unspecified atom stereocenters. The normalized spacial score (nSPS) is 15.1. The van der Waals surface area contributed by atoms with Crippen LogP contribution in [0.1, 0.15) is 145 Å². The fourth-order valence-electron chi connectivity index (χ4n) is 5.22. The van der Waals surface area contributed by atoms with Crippen molar-refractivity contribution in [3.63, 3.8) is 0 Å². The minimum atomic E-state index is 0.851. The molecule has 182 valence electrons. The van der Waals surface area contributed by atoms with Crippen LogP contribution in [0.15, 0.2) is 0 Å². The molecule has 0 aliphatic heterocycles. The van der Waals surface area contributed by atoms with E-state index >= 15 is 0 Å². The van der Waals surface area contributed by atoms with Gasteiger partial charge >= 0.3 is 0 Å². The van der Waals surface area contributed by atoms with Crippen molar-refractivity contribution in [2.75, 3.05) is 19.6 Å². The van der Waals surface area contributed by atoms with Crippen molar-refractivity contribution in [2.24, 2.45) is 23.7 Å². The molecule has 0 radical (unpaired) electrons. The highest BCUT2D eigenvalue weighted by Gasteiger charge is 2.15. The second-order valence-electron chi connectivity index (χ2n) is 10.9. The van der Waals surface area contributed by atoms with E-state index in [0.29, 0.717) is 0 Å². The Morgan fingerprint density at radius 2 is 1.23 bits per heavy atom. The summed E-state index contributed by atoms with van der Waals surface area (Å²) >= 11 is 0. The van der Waals surface area contributed by atoms with Gasteiger partial charge in [0.05, 0.1) is 0 Å². The van der Waals surface area contributed by atoms with Crippen molar-refractivity contribution in [1.29, 1.82) is 0 Å². The van der Waals surface area contributed by atoms with Crippen LogP contribution in [0.5, 0.6) is 0 Å². The molecular weight excluding hydrogens is 362 g/mol. The van der Waals surface area contributed by atoms with Crippen molar-refractivity contribution < 1.29 is 0 Å². The van der Waals surface area contributed by atoms with Crippen LogP contribution in [-0.4, -0.2) is 24.5 Å². The van der Waals surface area contributed by atoms with Crippen molar-refractivity contribution in [1.82, 2.24) is 4.90 Å². The molecule has 30 heavy (non-hydrogen) atoms. The maximum Gasteiger partial charge on any atom is 0.000956 e. The molecular formula is C29H61N. The van der Waals surface area contributed by atoms with Crippen molar-refractivity contribution in [3.05, 3.63) is 0 Å². The summed E-state index contributed by atoms with van der Waals surface area (Å²) in [5.74, 6) is 3.63. The molecule has 0 amide bonds. The first-order valence-corrected chi connectivity index (χ1v) is 14.2. The van der Waals surface area contributed by atoms with Crippen LogP contribution in [0.4, 0.5) is 0 Å². The zero-order chi connectivity index (χ0) is 22.6. The molecule has 0 N–H and O–H groups in total. The van der Waals surface area contributed by atoms with Gasteiger partial charge in [-0.2, -0.15) is 0 Å². The van der Waals surface area contributed by atoms with Crippen molar-refractivity contribution in [3.8, 4) is 0 Å². The maximum atomic E-state index is 2.87. The van der Waals surface area contributed by atoms with Crippen LogP contribution in [0.2, 0.25) is 0 Å². The summed E-state index contributed by atoms with van der Waals surface area (Å²) in [7, 11) is 0. The SMILES string of the molecule is CCCCCC(CCC)CCN(CCCCC(C)CC(C)C)CC(CC)CCCC. The van der Waals surface area contributed by atoms with Gasteiger partial charge in [-0.15, -0.1) is 0 Å². The first-order valence-electron chi connectivity index (χ1n) is 14.2. The van der Waals surface area contributed by atoms with Crippen LogP contribution in [0.3, 0.4) is 0 Å². The van der Waals surface area contributed by atoms with Gasteiger partial charge < -0.3 is 4.90 Å². The lowest BCUT2D eigenvalue weighted by Gasteiger charge is -2.29. The topological polar surface area (TPSA) is 3.24 Å². The van der Waals surface area contributed by atoms with Crippen LogP contribution in [-0.2, 0) is 0 Å². The summed E-state index contributed by atoms with van der Waals surface area (Å²) in [6.45, 7) is 20.7. The average molecular weight is 424 g/mol. The zero-order valence-corrected chi connectivity index (χ0v) is 22.5. The Balaban J connectivity index is 4.59. The Bertz CT molecular complexity index is 337. The lowest BCUT2D eigenvalue weighted by molar-refractivity contribution is 0.195. The highest BCUT2D eigenvalue weighted by atomic mass is 15.1. The summed E-state index contributed by atoms with van der Waals surface area (Å²) in [6.07, 6.45) is 21.1. The molecule has 0 aliphatic carbocycles. The van der Waals surface area contributed by atoms with Gasteiger partial charge in [-0.25, -0.2) is 0 Å². The van der Waals surface area contributed by atoms with E-state index in [1.807, 2.05) is 0 Å². The molecule has 0 saturated carbocycles. The van der Waals surface area contributed by atoms with E-state index in [-0.39, 0.29) is 0 Å². The van der Waals surface area contributed by atoms with Gasteiger partial charge in [-0.05, 0) is 62.4 Å². The van der Waals surface area contributed by atoms with E-state index < -0.39 is 0 Å². The first kappa shape index (κ1) is 30.0. The third kappa shape index (κ3) is 17.6. The van der Waals surface area contributed by atoms with Crippen LogP contribution in [0.25, 0.3) is 0 Å². The number of hydrogen-bond donors (Lipinski definition) is 0. The minimum absolute atomic E-state index is 0.851. The van der Waals surface area contributed by atoms with E-state index in [1.165, 1.54) is 116 Å². The Morgan fingerprint density at radius 3 is 1.83 bits per heavy atom. The molecule has 0 aromatic carbocycles. The Morgan fingerprint density at radius 1 is 0.567 bits per heavy atom. The maximum absolute atomic E-state index is 2.87. The van der Waals surface area contributed by atoms with E-state index in [2.05, 4.69) is 53.4 Å². The standard InChI is InChI=1S/C29H61N/c1-8-12-14-20-29(17-10-3)21-23-30(25-28(11-4)19-13-9-2)22-16-15-18-27(7)24-26(5)6/h26-29H,8-25H2,1-7H3. The summed E-state index contributed by atoms with van der Waals surface area (Å²) < 4.78 is 0. The molecule has 0 heterocycles. The average Bonchev–Trinajstić information content (AvgIpc) is 2.71. The Labute approximate surface area is 193 Å². The molecule has 0 bridgehead atoms. The monoisotopic (exact) mass is 423 g/mol. The third-order valence-corrected chi connectivity index (χ3v) is 7.12. The fourth-order valence-corrected chi connectivity index (χ4v) is 5.22. The van der Waals surface area contributed by atoms with Crippen molar-refractivity contribution in [2.45, 2.75) is 145 Å². The number of unbranched alkanes of at least 4 members (excludes halogenated alkanes) is 4. The quantitative estimate of drug-likeness (QED) is 0.157. The van der Waals surface area contributed by atoms with Gasteiger partial charge in [0.2, 0.25) is 0 Å². The molecule has 0 aromatic rings. The second-order valence-corrected chi connectivity index (χ2v) is 10.9. The fraction of sp³-hybridized carbons (Fsp3) is 1.00. The molecule has 0 aromatic heterocycles. The van der Waals surface area contributed by atoms with Crippen LogP contribution >= 0.6 is 0 Å². The molecule has 0 saturated heterocycles. The van der Waals surface area contributed by atoms with Crippen LogP contribution < -0.4 is 0 Å². The smallest absolute Gasteiger partial charge is 0.000956 e. The van der Waals surface area contributed by atoms with Gasteiger partial charge in [0, 0.05) is 6.54 Å². The predicted octanol–water partition coefficient (Wildman–Crippen LogP) is 9.74. The Kier molecular flexibility index (Phi) is 20.8.